The van der Waals surface area contributed by atoms with Gasteiger partial charge in [0.05, 0.1) is 0 Å². The Kier molecular flexibility index (Phi) is 5.46. The molecule has 110 valence electrons. The van der Waals surface area contributed by atoms with E-state index >= 15 is 0 Å². The van der Waals surface area contributed by atoms with Crippen molar-refractivity contribution in [3.8, 4) is 0 Å². The van der Waals surface area contributed by atoms with Gasteiger partial charge in [0.25, 0.3) is 0 Å². The van der Waals surface area contributed by atoms with Crippen LogP contribution in [-0.4, -0.2) is 40.9 Å². The molecule has 0 aromatic rings. The predicted octanol–water partition coefficient (Wildman–Crippen LogP) is 2.65. The van der Waals surface area contributed by atoms with Gasteiger partial charge < -0.3 is 9.47 Å². The molecule has 2 amide bonds. The number of nitrogens with zero attached hydrogens (tertiary/aromatic N) is 1. The average Bonchev–Trinajstić information content (AvgIpc) is 2.07. The van der Waals surface area contributed by atoms with Gasteiger partial charge >= 0.3 is 18.2 Å². The highest BCUT2D eigenvalue weighted by molar-refractivity contribution is 5.92. The van der Waals surface area contributed by atoms with Crippen molar-refractivity contribution in [2.24, 2.45) is 0 Å². The fraction of sp³-hybridized carbons (Fsp3) is 0.750. The molecule has 6 nitrogen and oxygen atoms in total. The fourth-order valence-corrected chi connectivity index (χ4v) is 0.962. The minimum Gasteiger partial charge on any atom is -0.443 e. The first-order valence-electron chi connectivity index (χ1n) is 5.73. The predicted molar refractivity (Wildman–Crippen MR) is 65.3 cm³/mol. The third kappa shape index (κ3) is 8.12. The number of carbonyl (C=O) groups is 3. The number of amides is 2. The lowest BCUT2D eigenvalue weighted by molar-refractivity contribution is -0.130. The second-order valence-corrected chi connectivity index (χ2v) is 5.90. The van der Waals surface area contributed by atoms with Crippen LogP contribution < -0.4 is 0 Å². The molecule has 0 aliphatic heterocycles. The van der Waals surface area contributed by atoms with Crippen LogP contribution >= 0.6 is 0 Å². The van der Waals surface area contributed by atoms with E-state index in [2.05, 4.69) is 0 Å². The molecule has 0 unspecified atom stereocenters. The molecule has 0 saturated carbocycles. The first-order valence-corrected chi connectivity index (χ1v) is 5.73. The lowest BCUT2D eigenvalue weighted by atomic mass is 10.2. The summed E-state index contributed by atoms with van der Waals surface area (Å²) in [6.07, 6.45) is -2.26. The van der Waals surface area contributed by atoms with Crippen molar-refractivity contribution in [1.82, 2.24) is 4.90 Å². The third-order valence-electron chi connectivity index (χ3n) is 1.51. The van der Waals surface area contributed by atoms with Crippen LogP contribution in [-0.2, 0) is 14.3 Å². The van der Waals surface area contributed by atoms with Gasteiger partial charge in [0.1, 0.15) is 17.7 Å². The molecular formula is C12H20FNO5. The van der Waals surface area contributed by atoms with Gasteiger partial charge in [-0.15, -0.1) is 0 Å². The first-order chi connectivity index (χ1) is 8.32. The molecule has 0 aliphatic rings. The van der Waals surface area contributed by atoms with Crippen LogP contribution in [0.4, 0.5) is 14.0 Å². The highest BCUT2D eigenvalue weighted by atomic mass is 19.1. The average molecular weight is 277 g/mol. The van der Waals surface area contributed by atoms with Gasteiger partial charge in [-0.05, 0) is 41.5 Å². The van der Waals surface area contributed by atoms with Crippen molar-refractivity contribution in [2.45, 2.75) is 52.7 Å². The van der Waals surface area contributed by atoms with Crippen molar-refractivity contribution >= 4 is 18.2 Å². The Morgan fingerprint density at radius 3 is 1.42 bits per heavy atom. The Bertz CT molecular complexity index is 339. The minimum atomic E-state index is -1.84. The van der Waals surface area contributed by atoms with Crippen LogP contribution in [0.3, 0.4) is 0 Å². The number of rotatable bonds is 2. The van der Waals surface area contributed by atoms with Gasteiger partial charge in [-0.3, -0.25) is 4.79 Å². The van der Waals surface area contributed by atoms with Crippen molar-refractivity contribution in [3.05, 3.63) is 0 Å². The fourth-order valence-electron chi connectivity index (χ4n) is 0.962. The number of carbonyl (C=O) groups excluding carboxylic acids is 3. The van der Waals surface area contributed by atoms with Gasteiger partial charge in [0.15, 0.2) is 0 Å². The van der Waals surface area contributed by atoms with Gasteiger partial charge in [-0.1, -0.05) is 0 Å². The van der Waals surface area contributed by atoms with E-state index < -0.39 is 36.0 Å². The molecule has 0 rings (SSSR count). The lowest BCUT2D eigenvalue weighted by Gasteiger charge is -2.27. The molecule has 0 heterocycles. The Balaban J connectivity index is 4.95. The molecule has 0 bridgehead atoms. The van der Waals surface area contributed by atoms with E-state index in [0.29, 0.717) is 4.90 Å². The van der Waals surface area contributed by atoms with E-state index in [9.17, 15) is 18.8 Å². The van der Waals surface area contributed by atoms with Crippen LogP contribution in [0.15, 0.2) is 0 Å². The van der Waals surface area contributed by atoms with Crippen LogP contribution in [0.5, 0.6) is 0 Å². The van der Waals surface area contributed by atoms with Crippen LogP contribution in [0.1, 0.15) is 41.5 Å². The van der Waals surface area contributed by atoms with Gasteiger partial charge in [-0.25, -0.2) is 14.5 Å². The smallest absolute Gasteiger partial charge is 0.420 e. The second-order valence-electron chi connectivity index (χ2n) is 5.90. The van der Waals surface area contributed by atoms with E-state index in [1.807, 2.05) is 0 Å². The van der Waals surface area contributed by atoms with Gasteiger partial charge in [0.2, 0.25) is 0 Å². The molecule has 0 radical (unpaired) electrons. The van der Waals surface area contributed by atoms with Crippen molar-refractivity contribution in [2.75, 3.05) is 6.54 Å². The molecular weight excluding hydrogens is 257 g/mol. The largest absolute Gasteiger partial charge is 0.443 e. The Labute approximate surface area is 111 Å². The molecule has 19 heavy (non-hydrogen) atoms. The van der Waals surface area contributed by atoms with E-state index in [1.165, 1.54) is 0 Å². The minimum absolute atomic E-state index is 0.291. The molecule has 0 fully saturated rings. The first kappa shape index (κ1) is 17.3. The molecule has 0 N–H and O–H groups in total. The molecule has 0 aromatic heterocycles. The summed E-state index contributed by atoms with van der Waals surface area (Å²) in [6, 6.07) is -1.84. The summed E-state index contributed by atoms with van der Waals surface area (Å²) in [5.41, 5.74) is -1.76. The summed E-state index contributed by atoms with van der Waals surface area (Å²) in [5, 5.41) is 0. The number of hydrogen-bond acceptors (Lipinski definition) is 5. The van der Waals surface area contributed by atoms with E-state index in [1.54, 1.807) is 41.5 Å². The zero-order valence-electron chi connectivity index (χ0n) is 12.1. The maximum absolute atomic E-state index is 12.4. The molecule has 0 saturated heterocycles. The number of halogens is 1. The number of ether oxygens (including phenoxy) is 2. The Morgan fingerprint density at radius 2 is 1.21 bits per heavy atom. The Hall–Kier alpha value is -1.66. The second kappa shape index (κ2) is 5.99. The summed E-state index contributed by atoms with van der Waals surface area (Å²) < 4.78 is 22.2. The van der Waals surface area contributed by atoms with Gasteiger partial charge in [0, 0.05) is 0 Å². The normalized spacial score (nSPS) is 11.7. The lowest BCUT2D eigenvalue weighted by Crippen LogP contribution is -2.45. The molecule has 0 spiro atoms. The summed E-state index contributed by atoms with van der Waals surface area (Å²) in [6.45, 7) is 8.43. The summed E-state index contributed by atoms with van der Waals surface area (Å²) in [7, 11) is 0. The monoisotopic (exact) mass is 277 g/mol. The SMILES string of the molecule is CC(C)(C)OC(=O)N(CC(=O)F)C(=O)OC(C)(C)C. The van der Waals surface area contributed by atoms with Crippen molar-refractivity contribution < 1.29 is 28.2 Å². The maximum atomic E-state index is 12.4. The van der Waals surface area contributed by atoms with Crippen LogP contribution in [0.25, 0.3) is 0 Å². The van der Waals surface area contributed by atoms with E-state index in [0.717, 1.165) is 0 Å². The summed E-state index contributed by atoms with van der Waals surface area (Å²) >= 11 is 0. The zero-order valence-corrected chi connectivity index (χ0v) is 12.1. The highest BCUT2D eigenvalue weighted by Crippen LogP contribution is 2.14. The highest BCUT2D eigenvalue weighted by Gasteiger charge is 2.32. The van der Waals surface area contributed by atoms with Crippen molar-refractivity contribution in [3.63, 3.8) is 0 Å². The quantitative estimate of drug-likeness (QED) is 0.725. The molecule has 0 atom stereocenters. The van der Waals surface area contributed by atoms with Crippen LogP contribution in [0, 0.1) is 0 Å². The summed E-state index contributed by atoms with van der Waals surface area (Å²) in [5.74, 6) is 0. The number of imide groups is 1. The molecule has 0 aliphatic carbocycles. The van der Waals surface area contributed by atoms with Crippen LogP contribution in [0.2, 0.25) is 0 Å². The molecule has 7 heteroatoms. The Morgan fingerprint density at radius 1 is 0.895 bits per heavy atom. The topological polar surface area (TPSA) is 72.9 Å². The standard InChI is InChI=1S/C12H20FNO5/c1-11(2,3)18-9(16)14(7-8(13)15)10(17)19-12(4,5)6/h7H2,1-6H3. The summed E-state index contributed by atoms with van der Waals surface area (Å²) in [4.78, 5) is 34.2. The van der Waals surface area contributed by atoms with Gasteiger partial charge in [-0.2, -0.15) is 4.39 Å². The maximum Gasteiger partial charge on any atom is 0.420 e. The zero-order chi connectivity index (χ0) is 15.4. The third-order valence-corrected chi connectivity index (χ3v) is 1.51. The van der Waals surface area contributed by atoms with E-state index in [4.69, 9.17) is 9.47 Å². The van der Waals surface area contributed by atoms with E-state index in [-0.39, 0.29) is 0 Å². The number of hydrogen-bond donors (Lipinski definition) is 0. The van der Waals surface area contributed by atoms with Crippen molar-refractivity contribution in [1.29, 1.82) is 0 Å². The molecule has 0 aromatic carbocycles.